The number of rotatable bonds is 3. The number of likely N-dealkylation sites (tertiary alicyclic amines) is 1. The lowest BCUT2D eigenvalue weighted by atomic mass is 9.97. The van der Waals surface area contributed by atoms with Crippen molar-refractivity contribution >= 4 is 28.4 Å². The van der Waals surface area contributed by atoms with Crippen molar-refractivity contribution < 1.29 is 14.3 Å². The normalized spacial score (nSPS) is 17.8. The maximum atomic E-state index is 12.6. The molecule has 152 valence electrons. The van der Waals surface area contributed by atoms with E-state index in [2.05, 4.69) is 20.5 Å². The minimum absolute atomic E-state index is 0.0683. The average Bonchev–Trinajstić information content (AvgIpc) is 2.76. The van der Waals surface area contributed by atoms with Crippen LogP contribution in [0.1, 0.15) is 23.2 Å². The van der Waals surface area contributed by atoms with Gasteiger partial charge in [0.15, 0.2) is 5.72 Å². The second-order valence-electron chi connectivity index (χ2n) is 7.75. The van der Waals surface area contributed by atoms with Crippen LogP contribution >= 0.6 is 0 Å². The lowest BCUT2D eigenvalue weighted by molar-refractivity contribution is -0.118. The van der Waals surface area contributed by atoms with Gasteiger partial charge >= 0.3 is 0 Å². The van der Waals surface area contributed by atoms with E-state index in [1.54, 1.807) is 12.3 Å². The third-order valence-electron chi connectivity index (χ3n) is 5.73. The zero-order valence-electron chi connectivity index (χ0n) is 16.4. The zero-order valence-corrected chi connectivity index (χ0v) is 16.4. The first-order chi connectivity index (χ1) is 14.6. The number of ether oxygens (including phenoxy) is 1. The molecule has 0 unspecified atom stereocenters. The largest absolute Gasteiger partial charge is 0.467 e. The van der Waals surface area contributed by atoms with Crippen molar-refractivity contribution in [2.75, 3.05) is 25.0 Å². The van der Waals surface area contributed by atoms with E-state index in [1.807, 2.05) is 48.5 Å². The predicted octanol–water partition coefficient (Wildman–Crippen LogP) is 2.79. The molecule has 0 bridgehead atoms. The summed E-state index contributed by atoms with van der Waals surface area (Å²) in [5, 5.41) is 6.95. The number of hydrogen-bond donors (Lipinski definition) is 2. The van der Waals surface area contributed by atoms with Gasteiger partial charge in [-0.3, -0.25) is 19.5 Å². The molecule has 2 amide bonds. The van der Waals surface area contributed by atoms with Crippen LogP contribution in [0.2, 0.25) is 0 Å². The summed E-state index contributed by atoms with van der Waals surface area (Å²) >= 11 is 0. The minimum atomic E-state index is -0.695. The van der Waals surface area contributed by atoms with E-state index >= 15 is 0 Å². The van der Waals surface area contributed by atoms with Crippen molar-refractivity contribution in [2.24, 2.45) is 0 Å². The van der Waals surface area contributed by atoms with E-state index in [0.717, 1.165) is 16.6 Å². The van der Waals surface area contributed by atoms with Gasteiger partial charge in [-0.1, -0.05) is 18.2 Å². The molecule has 0 saturated carbocycles. The lowest BCUT2D eigenvalue weighted by Gasteiger charge is -2.44. The number of nitrogens with one attached hydrogen (secondary N) is 2. The number of carbonyl (C=O) groups excluding carboxylic acids is 2. The molecule has 0 atom stereocenters. The molecule has 5 rings (SSSR count). The summed E-state index contributed by atoms with van der Waals surface area (Å²) < 4.78 is 6.16. The van der Waals surface area contributed by atoms with E-state index in [0.29, 0.717) is 37.2 Å². The predicted molar refractivity (Wildman–Crippen MR) is 113 cm³/mol. The van der Waals surface area contributed by atoms with E-state index in [4.69, 9.17) is 4.74 Å². The first kappa shape index (κ1) is 18.6. The SMILES string of the molecule is O=C(CN1CCC2(CC1)NC(=O)c1ccccc1O2)Nc1cccc2ncccc12. The van der Waals surface area contributed by atoms with Crippen LogP contribution in [0.3, 0.4) is 0 Å². The average molecular weight is 402 g/mol. The number of fused-ring (bicyclic) bond motifs is 2. The lowest BCUT2D eigenvalue weighted by Crippen LogP contribution is -2.61. The molecule has 3 heterocycles. The summed E-state index contributed by atoms with van der Waals surface area (Å²) in [5.41, 5.74) is 1.48. The minimum Gasteiger partial charge on any atom is -0.467 e. The van der Waals surface area contributed by atoms with Crippen LogP contribution < -0.4 is 15.4 Å². The van der Waals surface area contributed by atoms with Crippen molar-refractivity contribution in [3.05, 3.63) is 66.4 Å². The maximum Gasteiger partial charge on any atom is 0.258 e. The quantitative estimate of drug-likeness (QED) is 0.704. The third-order valence-corrected chi connectivity index (χ3v) is 5.73. The summed E-state index contributed by atoms with van der Waals surface area (Å²) in [6.07, 6.45) is 2.99. The fraction of sp³-hybridized carbons (Fsp3) is 0.261. The Morgan fingerprint density at radius 3 is 2.80 bits per heavy atom. The summed E-state index contributed by atoms with van der Waals surface area (Å²) in [6.45, 7) is 1.61. The van der Waals surface area contributed by atoms with Crippen LogP contribution in [-0.4, -0.2) is 47.1 Å². The van der Waals surface area contributed by atoms with Gasteiger partial charge in [0.2, 0.25) is 5.91 Å². The molecule has 3 aromatic rings. The van der Waals surface area contributed by atoms with Gasteiger partial charge in [0, 0.05) is 37.5 Å². The zero-order chi connectivity index (χ0) is 20.6. The van der Waals surface area contributed by atoms with Crippen LogP contribution in [0.5, 0.6) is 5.75 Å². The molecule has 1 aromatic heterocycles. The Labute approximate surface area is 174 Å². The summed E-state index contributed by atoms with van der Waals surface area (Å²) in [6, 6.07) is 16.8. The first-order valence-corrected chi connectivity index (χ1v) is 10.1. The number of carbonyl (C=O) groups is 2. The summed E-state index contributed by atoms with van der Waals surface area (Å²) in [7, 11) is 0. The van der Waals surface area contributed by atoms with Crippen molar-refractivity contribution in [1.29, 1.82) is 0 Å². The Hall–Kier alpha value is -3.45. The topological polar surface area (TPSA) is 83.6 Å². The number of nitrogens with zero attached hydrogens (tertiary/aromatic N) is 2. The van der Waals surface area contributed by atoms with Gasteiger partial charge in [-0.25, -0.2) is 0 Å². The van der Waals surface area contributed by atoms with Crippen LogP contribution in [-0.2, 0) is 4.79 Å². The summed E-state index contributed by atoms with van der Waals surface area (Å²) in [4.78, 5) is 31.5. The molecule has 2 aromatic carbocycles. The molecule has 7 heteroatoms. The molecular formula is C23H22N4O3. The van der Waals surface area contributed by atoms with Crippen LogP contribution in [0.4, 0.5) is 5.69 Å². The van der Waals surface area contributed by atoms with Crippen LogP contribution in [0.15, 0.2) is 60.8 Å². The van der Waals surface area contributed by atoms with Crippen molar-refractivity contribution in [2.45, 2.75) is 18.6 Å². The third kappa shape index (κ3) is 3.48. The Morgan fingerprint density at radius 2 is 1.93 bits per heavy atom. The highest BCUT2D eigenvalue weighted by atomic mass is 16.5. The van der Waals surface area contributed by atoms with Gasteiger partial charge in [-0.2, -0.15) is 0 Å². The first-order valence-electron chi connectivity index (χ1n) is 10.1. The highest BCUT2D eigenvalue weighted by Gasteiger charge is 2.42. The number of benzene rings is 2. The van der Waals surface area contributed by atoms with E-state index < -0.39 is 5.72 Å². The molecule has 1 spiro atoms. The Morgan fingerprint density at radius 1 is 1.10 bits per heavy atom. The van der Waals surface area contributed by atoms with Crippen molar-refractivity contribution in [3.63, 3.8) is 0 Å². The molecule has 1 fully saturated rings. The Balaban J connectivity index is 1.21. The molecule has 2 aliphatic heterocycles. The molecule has 1 saturated heterocycles. The van der Waals surface area contributed by atoms with Gasteiger partial charge in [-0.05, 0) is 36.4 Å². The Kier molecular flexibility index (Phi) is 4.59. The van der Waals surface area contributed by atoms with Crippen molar-refractivity contribution in [1.82, 2.24) is 15.2 Å². The van der Waals surface area contributed by atoms with Crippen molar-refractivity contribution in [3.8, 4) is 5.75 Å². The number of piperidine rings is 1. The maximum absolute atomic E-state index is 12.6. The molecule has 2 N–H and O–H groups in total. The standard InChI is InChI=1S/C23H22N4O3/c28-21(25-19-8-3-7-18-16(19)6-4-12-24-18)15-27-13-10-23(11-14-27)26-22(29)17-5-1-2-9-20(17)30-23/h1-9,12H,10-11,13-15H2,(H,25,28)(H,26,29). The van der Waals surface area contributed by atoms with E-state index in [9.17, 15) is 9.59 Å². The van der Waals surface area contributed by atoms with Crippen LogP contribution in [0, 0.1) is 0 Å². The monoisotopic (exact) mass is 402 g/mol. The molecule has 30 heavy (non-hydrogen) atoms. The number of anilines is 1. The molecule has 0 radical (unpaired) electrons. The number of para-hydroxylation sites is 1. The highest BCUT2D eigenvalue weighted by molar-refractivity contribution is 6.01. The molecular weight excluding hydrogens is 380 g/mol. The number of hydrogen-bond acceptors (Lipinski definition) is 5. The number of aromatic nitrogens is 1. The fourth-order valence-corrected chi connectivity index (χ4v) is 4.16. The van der Waals surface area contributed by atoms with Gasteiger partial charge in [0.1, 0.15) is 5.75 Å². The molecule has 0 aliphatic carbocycles. The van der Waals surface area contributed by atoms with Gasteiger partial charge in [0.25, 0.3) is 5.91 Å². The van der Waals surface area contributed by atoms with Gasteiger partial charge in [-0.15, -0.1) is 0 Å². The summed E-state index contributed by atoms with van der Waals surface area (Å²) in [5.74, 6) is 0.450. The molecule has 2 aliphatic rings. The van der Waals surface area contributed by atoms with Gasteiger partial charge in [0.05, 0.1) is 23.3 Å². The number of pyridine rings is 1. The van der Waals surface area contributed by atoms with E-state index in [-0.39, 0.29) is 18.4 Å². The molecule has 7 nitrogen and oxygen atoms in total. The highest BCUT2D eigenvalue weighted by Crippen LogP contribution is 2.33. The van der Waals surface area contributed by atoms with Crippen LogP contribution in [0.25, 0.3) is 10.9 Å². The smallest absolute Gasteiger partial charge is 0.258 e. The number of amides is 2. The Bertz CT molecular complexity index is 1120. The van der Waals surface area contributed by atoms with E-state index in [1.165, 1.54) is 0 Å². The fourth-order valence-electron chi connectivity index (χ4n) is 4.16. The second kappa shape index (κ2) is 7.42. The van der Waals surface area contributed by atoms with Gasteiger partial charge < -0.3 is 15.4 Å². The second-order valence-corrected chi connectivity index (χ2v) is 7.75.